The van der Waals surface area contributed by atoms with Gasteiger partial charge in [-0.1, -0.05) is 36.4 Å². The third kappa shape index (κ3) is 1.72. The van der Waals surface area contributed by atoms with E-state index < -0.39 is 0 Å². The molecule has 0 aliphatic carbocycles. The highest BCUT2D eigenvalue weighted by molar-refractivity contribution is 5.98. The Bertz CT molecular complexity index is 1050. The van der Waals surface area contributed by atoms with Gasteiger partial charge in [-0.2, -0.15) is 5.10 Å². The van der Waals surface area contributed by atoms with E-state index in [0.717, 1.165) is 27.8 Å². The highest BCUT2D eigenvalue weighted by Crippen LogP contribution is 2.35. The van der Waals surface area contributed by atoms with Gasteiger partial charge in [-0.3, -0.25) is 0 Å². The Morgan fingerprint density at radius 1 is 1.05 bits per heavy atom. The normalized spacial score (nSPS) is 11.1. The van der Waals surface area contributed by atoms with Crippen LogP contribution in [0, 0.1) is 0 Å². The fourth-order valence-electron chi connectivity index (χ4n) is 2.83. The Hall–Kier alpha value is -3.08. The second-order valence-electron chi connectivity index (χ2n) is 5.00. The summed E-state index contributed by atoms with van der Waals surface area (Å²) < 4.78 is 7.05. The number of nitrogens with one attached hydrogen (secondary N) is 1. The number of benzene rings is 2. The van der Waals surface area contributed by atoms with Crippen LogP contribution in [0.25, 0.3) is 27.7 Å². The molecule has 0 saturated heterocycles. The van der Waals surface area contributed by atoms with Crippen LogP contribution in [0.3, 0.4) is 0 Å². The minimum absolute atomic E-state index is 0.238. The van der Waals surface area contributed by atoms with E-state index in [2.05, 4.69) is 10.2 Å². The quantitative estimate of drug-likeness (QED) is 0.618. The van der Waals surface area contributed by atoms with Crippen LogP contribution in [0.15, 0.2) is 59.4 Å². The highest BCUT2D eigenvalue weighted by atomic mass is 16.5. The summed E-state index contributed by atoms with van der Waals surface area (Å²) in [5.74, 6) is 0.787. The fourth-order valence-corrected chi connectivity index (χ4v) is 2.83. The van der Waals surface area contributed by atoms with E-state index in [1.165, 1.54) is 0 Å². The van der Waals surface area contributed by atoms with Crippen LogP contribution in [0.1, 0.15) is 0 Å². The van der Waals surface area contributed by atoms with E-state index in [9.17, 15) is 4.79 Å². The number of rotatable bonds is 2. The number of fused-ring (bicyclic) bond motifs is 3. The summed E-state index contributed by atoms with van der Waals surface area (Å²) in [7, 11) is 1.65. The van der Waals surface area contributed by atoms with Crippen LogP contribution in [0.2, 0.25) is 0 Å². The zero-order valence-electron chi connectivity index (χ0n) is 11.9. The van der Waals surface area contributed by atoms with Crippen molar-refractivity contribution in [2.24, 2.45) is 0 Å². The van der Waals surface area contributed by atoms with Gasteiger partial charge in [-0.15, -0.1) is 0 Å². The Labute approximate surface area is 125 Å². The lowest BCUT2D eigenvalue weighted by molar-refractivity contribution is 0.416. The molecule has 5 heteroatoms. The van der Waals surface area contributed by atoms with Gasteiger partial charge in [-0.25, -0.2) is 14.3 Å². The van der Waals surface area contributed by atoms with E-state index in [1.54, 1.807) is 11.5 Å². The van der Waals surface area contributed by atoms with Gasteiger partial charge in [0.2, 0.25) is 0 Å². The molecule has 0 radical (unpaired) electrons. The van der Waals surface area contributed by atoms with Gasteiger partial charge in [0.05, 0.1) is 12.6 Å². The molecule has 2 aromatic carbocycles. The third-order valence-corrected chi connectivity index (χ3v) is 3.80. The first-order chi connectivity index (χ1) is 10.8. The van der Waals surface area contributed by atoms with Gasteiger partial charge in [0.1, 0.15) is 5.75 Å². The number of nitrogens with zero attached hydrogens (tertiary/aromatic N) is 2. The van der Waals surface area contributed by atoms with Gasteiger partial charge in [-0.05, 0) is 23.8 Å². The van der Waals surface area contributed by atoms with Crippen LogP contribution in [0.5, 0.6) is 5.75 Å². The molecule has 0 bridgehead atoms. The van der Waals surface area contributed by atoms with Crippen molar-refractivity contribution >= 4 is 16.6 Å². The summed E-state index contributed by atoms with van der Waals surface area (Å²) in [5, 5.41) is 7.57. The molecule has 0 aliphatic heterocycles. The number of hydrogen-bond donors (Lipinski definition) is 1. The largest absolute Gasteiger partial charge is 0.496 e. The second-order valence-corrected chi connectivity index (χ2v) is 5.00. The molecule has 2 aromatic heterocycles. The Balaban J connectivity index is 2.19. The van der Waals surface area contributed by atoms with E-state index in [0.29, 0.717) is 5.65 Å². The fraction of sp³-hybridized carbons (Fsp3) is 0.0588. The predicted octanol–water partition coefficient (Wildman–Crippen LogP) is 2.85. The van der Waals surface area contributed by atoms with E-state index in [4.69, 9.17) is 4.74 Å². The first-order valence-corrected chi connectivity index (χ1v) is 6.92. The number of pyridine rings is 1. The topological polar surface area (TPSA) is 59.4 Å². The minimum Gasteiger partial charge on any atom is -0.496 e. The highest BCUT2D eigenvalue weighted by Gasteiger charge is 2.13. The van der Waals surface area contributed by atoms with Crippen LogP contribution in [0.4, 0.5) is 0 Å². The lowest BCUT2D eigenvalue weighted by atomic mass is 10.00. The van der Waals surface area contributed by atoms with Crippen molar-refractivity contribution < 1.29 is 4.74 Å². The van der Waals surface area contributed by atoms with Crippen LogP contribution < -0.4 is 10.4 Å². The summed E-state index contributed by atoms with van der Waals surface area (Å²) in [6.45, 7) is 0. The number of para-hydroxylation sites is 2. The number of aromatic nitrogens is 3. The molecule has 5 nitrogen and oxygen atoms in total. The van der Waals surface area contributed by atoms with Crippen molar-refractivity contribution in [2.45, 2.75) is 0 Å². The molecule has 0 aliphatic rings. The molecule has 22 heavy (non-hydrogen) atoms. The molecule has 0 fully saturated rings. The first-order valence-electron chi connectivity index (χ1n) is 6.92. The molecule has 2 heterocycles. The minimum atomic E-state index is -0.238. The molecule has 1 N–H and O–H groups in total. The van der Waals surface area contributed by atoms with Gasteiger partial charge in [0.15, 0.2) is 5.65 Å². The number of H-pyrrole nitrogens is 1. The Kier molecular flexibility index (Phi) is 2.72. The zero-order chi connectivity index (χ0) is 15.1. The van der Waals surface area contributed by atoms with Crippen molar-refractivity contribution in [3.05, 3.63) is 65.1 Å². The molecule has 0 spiro atoms. The van der Waals surface area contributed by atoms with Gasteiger partial charge < -0.3 is 4.74 Å². The molecule has 0 atom stereocenters. The average molecular weight is 291 g/mol. The standard InChI is InChI=1S/C17H13N3O2/c1-22-15-9-5-3-7-12(15)13-10-16-18-19-17(21)20(16)14-8-4-2-6-11(13)14/h2-10H,1H3,(H,19,21). The first kappa shape index (κ1) is 12.6. The number of methoxy groups -OCH3 is 1. The summed E-state index contributed by atoms with van der Waals surface area (Å²) in [4.78, 5) is 12.0. The molecular formula is C17H13N3O2. The Morgan fingerprint density at radius 2 is 1.82 bits per heavy atom. The second kappa shape index (κ2) is 4.73. The summed E-state index contributed by atoms with van der Waals surface area (Å²) in [6.07, 6.45) is 0. The van der Waals surface area contributed by atoms with Crippen LogP contribution in [-0.2, 0) is 0 Å². The monoisotopic (exact) mass is 291 g/mol. The molecular weight excluding hydrogens is 278 g/mol. The van der Waals surface area contributed by atoms with Crippen molar-refractivity contribution in [2.75, 3.05) is 7.11 Å². The molecule has 0 amide bonds. The van der Waals surface area contributed by atoms with Crippen LogP contribution in [-0.4, -0.2) is 21.7 Å². The van der Waals surface area contributed by atoms with Crippen molar-refractivity contribution in [1.29, 1.82) is 0 Å². The molecule has 108 valence electrons. The number of aromatic amines is 1. The van der Waals surface area contributed by atoms with Gasteiger partial charge in [0.25, 0.3) is 0 Å². The van der Waals surface area contributed by atoms with Crippen LogP contribution >= 0.6 is 0 Å². The van der Waals surface area contributed by atoms with Gasteiger partial charge >= 0.3 is 5.69 Å². The maximum Gasteiger partial charge on any atom is 0.348 e. The maximum absolute atomic E-state index is 12.0. The Morgan fingerprint density at radius 3 is 2.68 bits per heavy atom. The van der Waals surface area contributed by atoms with Gasteiger partial charge in [0, 0.05) is 10.9 Å². The van der Waals surface area contributed by atoms with E-state index in [1.807, 2.05) is 54.6 Å². The summed E-state index contributed by atoms with van der Waals surface area (Å²) >= 11 is 0. The van der Waals surface area contributed by atoms with Crippen molar-refractivity contribution in [1.82, 2.24) is 14.6 Å². The molecule has 4 rings (SSSR count). The molecule has 4 aromatic rings. The zero-order valence-corrected chi connectivity index (χ0v) is 11.9. The third-order valence-electron chi connectivity index (χ3n) is 3.80. The molecule has 0 unspecified atom stereocenters. The smallest absolute Gasteiger partial charge is 0.348 e. The van der Waals surface area contributed by atoms with E-state index in [-0.39, 0.29) is 5.69 Å². The predicted molar refractivity (Wildman–Crippen MR) is 85.3 cm³/mol. The summed E-state index contributed by atoms with van der Waals surface area (Å²) in [5.41, 5.74) is 3.13. The number of hydrogen-bond acceptors (Lipinski definition) is 3. The van der Waals surface area contributed by atoms with Crippen molar-refractivity contribution in [3.8, 4) is 16.9 Å². The summed E-state index contributed by atoms with van der Waals surface area (Å²) in [6, 6.07) is 17.5. The van der Waals surface area contributed by atoms with Crippen molar-refractivity contribution in [3.63, 3.8) is 0 Å². The van der Waals surface area contributed by atoms with E-state index >= 15 is 0 Å². The SMILES string of the molecule is COc1ccccc1-c1cc2n[nH]c(=O)n2c2ccccc12. The lowest BCUT2D eigenvalue weighted by Crippen LogP contribution is -2.10. The average Bonchev–Trinajstić information content (AvgIpc) is 2.95. The maximum atomic E-state index is 12.0. The lowest BCUT2D eigenvalue weighted by Gasteiger charge is -2.12. The molecule has 0 saturated carbocycles. The number of ether oxygens (including phenoxy) is 1.